The number of benzene rings is 3. The molecule has 44 heavy (non-hydrogen) atoms. The van der Waals surface area contributed by atoms with Crippen LogP contribution in [0.1, 0.15) is 31.5 Å². The first-order valence-corrected chi connectivity index (χ1v) is 14.7. The van der Waals surface area contributed by atoms with Crippen LogP contribution in [0, 0.1) is 6.92 Å². The van der Waals surface area contributed by atoms with Gasteiger partial charge in [-0.25, -0.2) is 29.9 Å². The fourth-order valence-electron chi connectivity index (χ4n) is 5.04. The highest BCUT2D eigenvalue weighted by atomic mass is 15.0. The van der Waals surface area contributed by atoms with E-state index >= 15 is 0 Å². The van der Waals surface area contributed by atoms with Crippen molar-refractivity contribution in [3.05, 3.63) is 139 Å². The van der Waals surface area contributed by atoms with E-state index in [1.807, 2.05) is 85.8 Å². The van der Waals surface area contributed by atoms with Crippen molar-refractivity contribution < 1.29 is 0 Å². The van der Waals surface area contributed by atoms with Crippen molar-refractivity contribution in [1.82, 2.24) is 29.9 Å². The number of nitrogens with zero attached hydrogens (tertiary/aromatic N) is 6. The van der Waals surface area contributed by atoms with Gasteiger partial charge in [0.1, 0.15) is 0 Å². The summed E-state index contributed by atoms with van der Waals surface area (Å²) in [5, 5.41) is 0. The molecule has 0 amide bonds. The Hall–Kier alpha value is -5.62. The van der Waals surface area contributed by atoms with Gasteiger partial charge in [0.15, 0.2) is 23.3 Å². The van der Waals surface area contributed by atoms with E-state index in [1.165, 1.54) is 0 Å². The van der Waals surface area contributed by atoms with Crippen LogP contribution in [0.25, 0.3) is 62.4 Å². The molecule has 0 bridgehead atoms. The summed E-state index contributed by atoms with van der Waals surface area (Å²) in [6.45, 7) is 6.26. The Morgan fingerprint density at radius 2 is 1.14 bits per heavy atom. The number of hydrogen-bond acceptors (Lipinski definition) is 6. The normalized spacial score (nSPS) is 11.7. The molecule has 0 radical (unpaired) electrons. The van der Waals surface area contributed by atoms with Gasteiger partial charge in [-0.2, -0.15) is 0 Å². The maximum atomic E-state index is 5.13. The molecule has 0 saturated heterocycles. The first-order chi connectivity index (χ1) is 21.6. The van der Waals surface area contributed by atoms with Crippen LogP contribution < -0.4 is 0 Å². The topological polar surface area (TPSA) is 77.3 Å². The summed E-state index contributed by atoms with van der Waals surface area (Å²) in [6, 6.07) is 32.2. The van der Waals surface area contributed by atoms with Crippen LogP contribution in [0.4, 0.5) is 0 Å². The summed E-state index contributed by atoms with van der Waals surface area (Å²) >= 11 is 0. The van der Waals surface area contributed by atoms with E-state index in [9.17, 15) is 0 Å². The van der Waals surface area contributed by atoms with Crippen molar-refractivity contribution >= 4 is 5.57 Å². The van der Waals surface area contributed by atoms with Gasteiger partial charge in [0.25, 0.3) is 0 Å². The summed E-state index contributed by atoms with van der Waals surface area (Å²) in [4.78, 5) is 29.1. The maximum absolute atomic E-state index is 5.13. The SMILES string of the molecule is C/C=C\C(=C/CC)c1cc(C)cc(-c2cc(-c3ncccn3)cc(-c3nc(-c4ccccc4)nc(-c4ccccc4)n3)c2)n1. The van der Waals surface area contributed by atoms with Gasteiger partial charge >= 0.3 is 0 Å². The Morgan fingerprint density at radius 1 is 0.591 bits per heavy atom. The summed E-state index contributed by atoms with van der Waals surface area (Å²) in [6.07, 6.45) is 10.8. The molecule has 6 rings (SSSR count). The number of hydrogen-bond donors (Lipinski definition) is 0. The minimum absolute atomic E-state index is 0.560. The lowest BCUT2D eigenvalue weighted by Crippen LogP contribution is -2.01. The average Bonchev–Trinajstić information content (AvgIpc) is 3.08. The highest BCUT2D eigenvalue weighted by Gasteiger charge is 2.16. The molecule has 6 aromatic rings. The first-order valence-electron chi connectivity index (χ1n) is 14.7. The number of allylic oxidation sites excluding steroid dienone is 4. The third kappa shape index (κ3) is 6.40. The lowest BCUT2D eigenvalue weighted by Gasteiger charge is -2.13. The molecular formula is C38H32N6. The van der Waals surface area contributed by atoms with E-state index in [4.69, 9.17) is 19.9 Å². The molecule has 0 aliphatic heterocycles. The highest BCUT2D eigenvalue weighted by molar-refractivity contribution is 5.79. The lowest BCUT2D eigenvalue weighted by molar-refractivity contribution is 1.07. The zero-order valence-corrected chi connectivity index (χ0v) is 25.0. The van der Waals surface area contributed by atoms with Gasteiger partial charge in [-0.3, -0.25) is 0 Å². The minimum Gasteiger partial charge on any atom is -0.248 e. The number of aromatic nitrogens is 6. The van der Waals surface area contributed by atoms with Crippen LogP contribution >= 0.6 is 0 Å². The van der Waals surface area contributed by atoms with Crippen LogP contribution in [-0.4, -0.2) is 29.9 Å². The second kappa shape index (κ2) is 13.1. The zero-order valence-electron chi connectivity index (χ0n) is 25.0. The molecule has 0 fully saturated rings. The van der Waals surface area contributed by atoms with Crippen molar-refractivity contribution in [2.45, 2.75) is 27.2 Å². The summed E-state index contributed by atoms with van der Waals surface area (Å²) < 4.78 is 0. The van der Waals surface area contributed by atoms with E-state index in [0.29, 0.717) is 23.3 Å². The van der Waals surface area contributed by atoms with Crippen LogP contribution in [0.3, 0.4) is 0 Å². The zero-order chi connectivity index (χ0) is 30.3. The molecular weight excluding hydrogens is 540 g/mol. The number of rotatable bonds is 8. The molecule has 0 N–H and O–H groups in total. The molecule has 0 spiro atoms. The van der Waals surface area contributed by atoms with E-state index in [1.54, 1.807) is 12.4 Å². The third-order valence-corrected chi connectivity index (χ3v) is 7.05. The number of pyridine rings is 1. The molecule has 0 unspecified atom stereocenters. The van der Waals surface area contributed by atoms with Gasteiger partial charge in [-0.1, -0.05) is 85.8 Å². The van der Waals surface area contributed by atoms with Gasteiger partial charge in [-0.05, 0) is 67.8 Å². The Balaban J connectivity index is 1.58. The molecule has 6 nitrogen and oxygen atoms in total. The van der Waals surface area contributed by atoms with Gasteiger partial charge in [-0.15, -0.1) is 0 Å². The first kappa shape index (κ1) is 28.5. The smallest absolute Gasteiger partial charge is 0.164 e. The standard InChI is InChI=1S/C38H32N6/c1-4-13-27(14-5-2)33-21-26(3)22-34(41-33)30-23-31(35-39-19-12-20-40-35)25-32(24-30)38-43-36(28-15-8-6-9-16-28)42-37(44-38)29-17-10-7-11-18-29/h4,6-25H,5H2,1-3H3/b13-4-,27-14+. The summed E-state index contributed by atoms with van der Waals surface area (Å²) in [7, 11) is 0. The van der Waals surface area contributed by atoms with Crippen molar-refractivity contribution in [2.24, 2.45) is 0 Å². The van der Waals surface area contributed by atoms with Gasteiger partial charge < -0.3 is 0 Å². The molecule has 3 heterocycles. The molecule has 3 aromatic heterocycles. The van der Waals surface area contributed by atoms with E-state index < -0.39 is 0 Å². The minimum atomic E-state index is 0.560. The molecule has 0 atom stereocenters. The predicted molar refractivity (Wildman–Crippen MR) is 178 cm³/mol. The third-order valence-electron chi connectivity index (χ3n) is 7.05. The summed E-state index contributed by atoms with van der Waals surface area (Å²) in [5.41, 5.74) is 8.44. The fourth-order valence-corrected chi connectivity index (χ4v) is 5.04. The molecule has 0 saturated carbocycles. The Kier molecular flexibility index (Phi) is 8.50. The molecule has 6 heteroatoms. The average molecular weight is 573 g/mol. The Bertz CT molecular complexity index is 1890. The van der Waals surface area contributed by atoms with Crippen molar-refractivity contribution in [3.8, 4) is 56.8 Å². The predicted octanol–water partition coefficient (Wildman–Crippen LogP) is 9.07. The van der Waals surface area contributed by atoms with Gasteiger partial charge in [0, 0.05) is 40.2 Å². The molecule has 0 aliphatic carbocycles. The largest absolute Gasteiger partial charge is 0.248 e. The van der Waals surface area contributed by atoms with Crippen molar-refractivity contribution in [2.75, 3.05) is 0 Å². The van der Waals surface area contributed by atoms with Crippen LogP contribution in [0.5, 0.6) is 0 Å². The molecule has 3 aromatic carbocycles. The second-order valence-electron chi connectivity index (χ2n) is 10.4. The van der Waals surface area contributed by atoms with E-state index in [2.05, 4.69) is 60.2 Å². The summed E-state index contributed by atoms with van der Waals surface area (Å²) in [5.74, 6) is 2.39. The van der Waals surface area contributed by atoms with Crippen molar-refractivity contribution in [1.29, 1.82) is 0 Å². The van der Waals surface area contributed by atoms with Gasteiger partial charge in [0.05, 0.1) is 11.4 Å². The van der Waals surface area contributed by atoms with Crippen LogP contribution in [-0.2, 0) is 0 Å². The lowest BCUT2D eigenvalue weighted by atomic mass is 9.99. The Labute approximate surface area is 258 Å². The number of aryl methyl sites for hydroxylation is 1. The molecule has 0 aliphatic rings. The monoisotopic (exact) mass is 572 g/mol. The highest BCUT2D eigenvalue weighted by Crippen LogP contribution is 2.33. The van der Waals surface area contributed by atoms with Crippen molar-refractivity contribution in [3.63, 3.8) is 0 Å². The van der Waals surface area contributed by atoms with Gasteiger partial charge in [0.2, 0.25) is 0 Å². The Morgan fingerprint density at radius 3 is 1.70 bits per heavy atom. The quantitative estimate of drug-likeness (QED) is 0.169. The fraction of sp³-hybridized carbons (Fsp3) is 0.105. The van der Waals surface area contributed by atoms with Crippen LogP contribution in [0.2, 0.25) is 0 Å². The molecule has 214 valence electrons. The van der Waals surface area contributed by atoms with E-state index in [-0.39, 0.29) is 0 Å². The second-order valence-corrected chi connectivity index (χ2v) is 10.4. The van der Waals surface area contributed by atoms with Crippen LogP contribution in [0.15, 0.2) is 128 Å². The van der Waals surface area contributed by atoms with E-state index in [0.717, 1.165) is 56.8 Å². The maximum Gasteiger partial charge on any atom is 0.164 e.